The molecule has 4 aromatic rings. The average molecular weight is 623 g/mol. The van der Waals surface area contributed by atoms with Crippen molar-refractivity contribution in [3.8, 4) is 5.75 Å². The van der Waals surface area contributed by atoms with Gasteiger partial charge < -0.3 is 26.0 Å². The Labute approximate surface area is 266 Å². The molecule has 10 heteroatoms. The molecule has 4 rings (SSSR count). The third kappa shape index (κ3) is 10.1. The van der Waals surface area contributed by atoms with Crippen LogP contribution < -0.4 is 26.0 Å². The van der Waals surface area contributed by atoms with Gasteiger partial charge in [0.05, 0.1) is 11.9 Å². The lowest BCUT2D eigenvalue weighted by Crippen LogP contribution is -2.30. The first-order valence-corrected chi connectivity index (χ1v) is 15.2. The molecule has 4 N–H and O–H groups in total. The summed E-state index contributed by atoms with van der Waals surface area (Å²) in [6.07, 6.45) is 1.60. The average Bonchev–Trinajstić information content (AvgIpc) is 3.03. The molecule has 1 unspecified atom stereocenters. The summed E-state index contributed by atoms with van der Waals surface area (Å²) in [7, 11) is 0. The number of thioether (sulfide) groups is 1. The zero-order valence-corrected chi connectivity index (χ0v) is 25.9. The highest BCUT2D eigenvalue weighted by Crippen LogP contribution is 2.27. The Morgan fingerprint density at radius 3 is 2.09 bits per heavy atom. The van der Waals surface area contributed by atoms with Crippen LogP contribution in [0.3, 0.4) is 0 Å². The molecule has 0 aliphatic heterocycles. The summed E-state index contributed by atoms with van der Waals surface area (Å²) in [6, 6.07) is 29.8. The SMILES string of the molecule is CCOc1ccc(/C=C(/NC(=O)c2ccccc2)C(=O)Nc2cccc(SC(C)C(=O)Nc3ccc(NC(C)=O)cc3)c2)cc1. The summed E-state index contributed by atoms with van der Waals surface area (Å²) >= 11 is 1.33. The molecule has 0 saturated heterocycles. The van der Waals surface area contributed by atoms with E-state index in [1.54, 1.807) is 104 Å². The standard InChI is InChI=1S/C35H34N4O5S/c1-4-44-30-19-13-25(14-20-30)21-32(39-34(42)26-9-6-5-7-10-26)35(43)38-29-11-8-12-31(22-29)45-23(2)33(41)37-28-17-15-27(16-18-28)36-24(3)40/h5-23H,4H2,1-3H3,(H,36,40)(H,37,41)(H,38,43)(H,39,42)/b32-21+. The van der Waals surface area contributed by atoms with Crippen LogP contribution in [0.15, 0.2) is 114 Å². The highest BCUT2D eigenvalue weighted by molar-refractivity contribution is 8.00. The maximum Gasteiger partial charge on any atom is 0.272 e. The molecule has 0 saturated carbocycles. The maximum atomic E-state index is 13.5. The van der Waals surface area contributed by atoms with Gasteiger partial charge >= 0.3 is 0 Å². The summed E-state index contributed by atoms with van der Waals surface area (Å²) in [6.45, 7) is 5.65. The minimum absolute atomic E-state index is 0.0586. The van der Waals surface area contributed by atoms with Crippen molar-refractivity contribution >= 4 is 58.5 Å². The van der Waals surface area contributed by atoms with E-state index in [2.05, 4.69) is 21.3 Å². The van der Waals surface area contributed by atoms with Crippen LogP contribution in [0.5, 0.6) is 5.75 Å². The van der Waals surface area contributed by atoms with E-state index in [-0.39, 0.29) is 17.5 Å². The lowest BCUT2D eigenvalue weighted by atomic mass is 10.1. The van der Waals surface area contributed by atoms with E-state index in [0.717, 1.165) is 4.90 Å². The lowest BCUT2D eigenvalue weighted by Gasteiger charge is -2.14. The quantitative estimate of drug-likeness (QED) is 0.105. The molecule has 0 radical (unpaired) electrons. The van der Waals surface area contributed by atoms with E-state index in [9.17, 15) is 19.2 Å². The third-order valence-corrected chi connectivity index (χ3v) is 7.37. The van der Waals surface area contributed by atoms with Crippen LogP contribution in [0.1, 0.15) is 36.7 Å². The van der Waals surface area contributed by atoms with Crippen molar-refractivity contribution in [1.29, 1.82) is 0 Å². The van der Waals surface area contributed by atoms with Crippen molar-refractivity contribution < 1.29 is 23.9 Å². The summed E-state index contributed by atoms with van der Waals surface area (Å²) in [5.41, 5.74) is 2.91. The number of hydrogen-bond acceptors (Lipinski definition) is 6. The van der Waals surface area contributed by atoms with Gasteiger partial charge in [-0.05, 0) is 92.2 Å². The predicted molar refractivity (Wildman–Crippen MR) is 179 cm³/mol. The predicted octanol–water partition coefficient (Wildman–Crippen LogP) is 6.57. The molecule has 9 nitrogen and oxygen atoms in total. The Bertz CT molecular complexity index is 1670. The molecule has 45 heavy (non-hydrogen) atoms. The third-order valence-electron chi connectivity index (χ3n) is 6.28. The molecule has 0 heterocycles. The van der Waals surface area contributed by atoms with E-state index < -0.39 is 17.1 Å². The summed E-state index contributed by atoms with van der Waals surface area (Å²) in [5.74, 6) is -0.607. The number of nitrogens with one attached hydrogen (secondary N) is 4. The topological polar surface area (TPSA) is 126 Å². The van der Waals surface area contributed by atoms with Gasteiger partial charge in [0.25, 0.3) is 11.8 Å². The number of benzene rings is 4. The smallest absolute Gasteiger partial charge is 0.272 e. The summed E-state index contributed by atoms with van der Waals surface area (Å²) < 4.78 is 5.50. The maximum absolute atomic E-state index is 13.5. The summed E-state index contributed by atoms with van der Waals surface area (Å²) in [4.78, 5) is 51.3. The fourth-order valence-electron chi connectivity index (χ4n) is 4.12. The molecule has 0 spiro atoms. The minimum atomic E-state index is -0.510. The number of carbonyl (C=O) groups is 4. The van der Waals surface area contributed by atoms with Crippen LogP contribution in [0.4, 0.5) is 17.1 Å². The van der Waals surface area contributed by atoms with Crippen LogP contribution in [0.2, 0.25) is 0 Å². The first-order valence-electron chi connectivity index (χ1n) is 14.3. The van der Waals surface area contributed by atoms with E-state index in [0.29, 0.717) is 40.5 Å². The Kier molecular flexibility index (Phi) is 11.5. The van der Waals surface area contributed by atoms with Crippen LogP contribution in [-0.2, 0) is 14.4 Å². The number of ether oxygens (including phenoxy) is 1. The van der Waals surface area contributed by atoms with Crippen LogP contribution >= 0.6 is 11.8 Å². The van der Waals surface area contributed by atoms with Gasteiger partial charge in [-0.25, -0.2) is 0 Å². The molecule has 230 valence electrons. The molecule has 0 bridgehead atoms. The molecule has 0 aromatic heterocycles. The molecule has 4 aromatic carbocycles. The van der Waals surface area contributed by atoms with Crippen molar-refractivity contribution in [2.75, 3.05) is 22.6 Å². The first kappa shape index (κ1) is 32.6. The van der Waals surface area contributed by atoms with Gasteiger partial charge in [0, 0.05) is 34.4 Å². The zero-order chi connectivity index (χ0) is 32.2. The Hall–Kier alpha value is -5.35. The molecule has 0 fully saturated rings. The zero-order valence-electron chi connectivity index (χ0n) is 25.1. The lowest BCUT2D eigenvalue weighted by molar-refractivity contribution is -0.115. The number of rotatable bonds is 12. The Morgan fingerprint density at radius 1 is 0.778 bits per heavy atom. The molecule has 4 amide bonds. The van der Waals surface area contributed by atoms with E-state index in [1.807, 2.05) is 19.1 Å². The van der Waals surface area contributed by atoms with Crippen LogP contribution in [0.25, 0.3) is 6.08 Å². The van der Waals surface area contributed by atoms with Gasteiger partial charge in [-0.1, -0.05) is 36.4 Å². The fourth-order valence-corrected chi connectivity index (χ4v) is 5.05. The number of amides is 4. The van der Waals surface area contributed by atoms with E-state index in [4.69, 9.17) is 4.74 Å². The van der Waals surface area contributed by atoms with Gasteiger partial charge in [-0.3, -0.25) is 19.2 Å². The molecule has 1 atom stereocenters. The van der Waals surface area contributed by atoms with Gasteiger partial charge in [-0.15, -0.1) is 11.8 Å². The van der Waals surface area contributed by atoms with E-state index >= 15 is 0 Å². The highest BCUT2D eigenvalue weighted by atomic mass is 32.2. The van der Waals surface area contributed by atoms with Crippen molar-refractivity contribution in [2.45, 2.75) is 30.9 Å². The highest BCUT2D eigenvalue weighted by Gasteiger charge is 2.17. The van der Waals surface area contributed by atoms with Crippen molar-refractivity contribution in [3.63, 3.8) is 0 Å². The second-order valence-electron chi connectivity index (χ2n) is 9.87. The second kappa shape index (κ2) is 15.9. The van der Waals surface area contributed by atoms with Gasteiger partial charge in [-0.2, -0.15) is 0 Å². The normalized spacial score (nSPS) is 11.6. The second-order valence-corrected chi connectivity index (χ2v) is 11.3. The minimum Gasteiger partial charge on any atom is -0.494 e. The van der Waals surface area contributed by atoms with Gasteiger partial charge in [0.15, 0.2) is 0 Å². The first-order chi connectivity index (χ1) is 21.7. The van der Waals surface area contributed by atoms with Crippen LogP contribution in [0, 0.1) is 0 Å². The van der Waals surface area contributed by atoms with E-state index in [1.165, 1.54) is 18.7 Å². The van der Waals surface area contributed by atoms with Gasteiger partial charge in [0.2, 0.25) is 11.8 Å². The Morgan fingerprint density at radius 2 is 1.44 bits per heavy atom. The molecular formula is C35H34N4O5S. The number of anilines is 3. The van der Waals surface area contributed by atoms with Gasteiger partial charge in [0.1, 0.15) is 11.4 Å². The number of carbonyl (C=O) groups excluding carboxylic acids is 4. The monoisotopic (exact) mass is 622 g/mol. The largest absolute Gasteiger partial charge is 0.494 e. The van der Waals surface area contributed by atoms with Crippen molar-refractivity contribution in [2.24, 2.45) is 0 Å². The van der Waals surface area contributed by atoms with Crippen molar-refractivity contribution in [1.82, 2.24) is 5.32 Å². The Balaban J connectivity index is 1.45. The summed E-state index contributed by atoms with van der Waals surface area (Å²) in [5, 5.41) is 10.7. The molecule has 0 aliphatic rings. The molecular weight excluding hydrogens is 588 g/mol. The molecule has 0 aliphatic carbocycles. The fraction of sp³-hybridized carbons (Fsp3) is 0.143. The number of hydrogen-bond donors (Lipinski definition) is 4. The van der Waals surface area contributed by atoms with Crippen LogP contribution in [-0.4, -0.2) is 35.5 Å². The van der Waals surface area contributed by atoms with Crippen molar-refractivity contribution in [3.05, 3.63) is 120 Å².